The Bertz CT molecular complexity index is 1070. The van der Waals surface area contributed by atoms with Crippen molar-refractivity contribution in [3.63, 3.8) is 0 Å². The van der Waals surface area contributed by atoms with Gasteiger partial charge in [-0.05, 0) is 31.2 Å². The quantitative estimate of drug-likeness (QED) is 0.556. The fourth-order valence-corrected chi connectivity index (χ4v) is 3.74. The summed E-state index contributed by atoms with van der Waals surface area (Å²) in [5, 5.41) is 0.818. The summed E-state index contributed by atoms with van der Waals surface area (Å²) >= 11 is 1.34. The van der Waals surface area contributed by atoms with E-state index < -0.39 is 0 Å². The van der Waals surface area contributed by atoms with E-state index in [0.29, 0.717) is 16.1 Å². The van der Waals surface area contributed by atoms with Gasteiger partial charge >= 0.3 is 0 Å². The predicted molar refractivity (Wildman–Crippen MR) is 102 cm³/mol. The molecular weight excluding hydrogens is 330 g/mol. The fraction of sp³-hybridized carbons (Fsp3) is 0.0500. The van der Waals surface area contributed by atoms with E-state index in [2.05, 4.69) is 9.97 Å². The number of fused-ring (bicyclic) bond motifs is 1. The molecule has 1 aromatic carbocycles. The van der Waals surface area contributed by atoms with Gasteiger partial charge in [0.05, 0.1) is 11.4 Å². The number of thiophene rings is 1. The number of nitrogen functional groups attached to an aromatic ring is 1. The third kappa shape index (κ3) is 2.79. The van der Waals surface area contributed by atoms with Crippen LogP contribution in [0.4, 0.5) is 5.69 Å². The van der Waals surface area contributed by atoms with Crippen LogP contribution < -0.4 is 5.73 Å². The molecule has 0 spiro atoms. The Morgan fingerprint density at radius 3 is 2.44 bits per heavy atom. The van der Waals surface area contributed by atoms with Crippen LogP contribution in [0.15, 0.2) is 60.9 Å². The van der Waals surface area contributed by atoms with E-state index in [9.17, 15) is 4.79 Å². The molecule has 3 heterocycles. The Labute approximate surface area is 149 Å². The van der Waals surface area contributed by atoms with Crippen LogP contribution in [-0.2, 0) is 0 Å². The molecule has 0 saturated heterocycles. The van der Waals surface area contributed by atoms with Crippen LogP contribution in [-0.4, -0.2) is 15.8 Å². The number of carbonyl (C=O) groups is 1. The summed E-state index contributed by atoms with van der Waals surface area (Å²) in [4.78, 5) is 22.8. The minimum Gasteiger partial charge on any atom is -0.397 e. The van der Waals surface area contributed by atoms with Gasteiger partial charge in [-0.3, -0.25) is 9.78 Å². The molecule has 0 aliphatic heterocycles. The standard InChI is InChI=1S/C20H15N3OS/c1-12-2-4-14(5-3-12)18(24)19-17(21)15-6-7-16(23-20(15)25-19)13-8-10-22-11-9-13/h2-11H,21H2,1H3. The van der Waals surface area contributed by atoms with Crippen LogP contribution in [0, 0.1) is 6.92 Å². The number of nitrogens with zero attached hydrogens (tertiary/aromatic N) is 2. The maximum absolute atomic E-state index is 12.8. The maximum Gasteiger partial charge on any atom is 0.205 e. The summed E-state index contributed by atoms with van der Waals surface area (Å²) in [6.45, 7) is 1.99. The normalized spacial score (nSPS) is 10.9. The zero-order chi connectivity index (χ0) is 17.4. The van der Waals surface area contributed by atoms with Crippen LogP contribution in [0.2, 0.25) is 0 Å². The number of aryl methyl sites for hydroxylation is 1. The van der Waals surface area contributed by atoms with Crippen molar-refractivity contribution < 1.29 is 4.79 Å². The molecule has 4 aromatic rings. The Morgan fingerprint density at radius 1 is 1.00 bits per heavy atom. The molecule has 122 valence electrons. The van der Waals surface area contributed by atoms with E-state index in [-0.39, 0.29) is 5.78 Å². The predicted octanol–water partition coefficient (Wildman–Crippen LogP) is 4.48. The summed E-state index contributed by atoms with van der Waals surface area (Å²) in [6.07, 6.45) is 3.46. The van der Waals surface area contributed by atoms with Crippen molar-refractivity contribution in [1.29, 1.82) is 0 Å². The molecule has 0 bridgehead atoms. The molecule has 2 N–H and O–H groups in total. The molecule has 0 aliphatic carbocycles. The number of anilines is 1. The third-order valence-electron chi connectivity index (χ3n) is 4.09. The van der Waals surface area contributed by atoms with Crippen molar-refractivity contribution in [1.82, 2.24) is 9.97 Å². The van der Waals surface area contributed by atoms with Gasteiger partial charge in [0.15, 0.2) is 0 Å². The number of carbonyl (C=O) groups excluding carboxylic acids is 1. The number of ketones is 1. The molecule has 0 atom stereocenters. The Balaban J connectivity index is 1.79. The summed E-state index contributed by atoms with van der Waals surface area (Å²) in [6, 6.07) is 15.2. The Hall–Kier alpha value is -3.05. The monoisotopic (exact) mass is 345 g/mol. The molecule has 3 aromatic heterocycles. The second kappa shape index (κ2) is 6.11. The molecular formula is C20H15N3OS. The highest BCUT2D eigenvalue weighted by atomic mass is 32.1. The highest BCUT2D eigenvalue weighted by Gasteiger charge is 2.19. The second-order valence-electron chi connectivity index (χ2n) is 5.83. The summed E-state index contributed by atoms with van der Waals surface area (Å²) in [5.74, 6) is -0.0639. The van der Waals surface area contributed by atoms with Gasteiger partial charge < -0.3 is 5.73 Å². The van der Waals surface area contributed by atoms with Crippen LogP contribution in [0.25, 0.3) is 21.5 Å². The average molecular weight is 345 g/mol. The first-order valence-corrected chi connectivity index (χ1v) is 8.66. The lowest BCUT2D eigenvalue weighted by Crippen LogP contribution is -2.01. The van der Waals surface area contributed by atoms with E-state index >= 15 is 0 Å². The molecule has 0 fully saturated rings. The smallest absolute Gasteiger partial charge is 0.205 e. The van der Waals surface area contributed by atoms with Crippen LogP contribution >= 0.6 is 11.3 Å². The lowest BCUT2D eigenvalue weighted by Gasteiger charge is -2.01. The van der Waals surface area contributed by atoms with Gasteiger partial charge in [-0.1, -0.05) is 29.8 Å². The summed E-state index contributed by atoms with van der Waals surface area (Å²) in [5.41, 5.74) is 10.3. The molecule has 25 heavy (non-hydrogen) atoms. The highest BCUT2D eigenvalue weighted by molar-refractivity contribution is 7.21. The van der Waals surface area contributed by atoms with E-state index in [4.69, 9.17) is 5.73 Å². The molecule has 0 aliphatic rings. The number of aromatic nitrogens is 2. The van der Waals surface area contributed by atoms with E-state index in [0.717, 1.165) is 27.0 Å². The number of hydrogen-bond acceptors (Lipinski definition) is 5. The third-order valence-corrected chi connectivity index (χ3v) is 5.20. The van der Waals surface area contributed by atoms with E-state index in [1.54, 1.807) is 12.4 Å². The maximum atomic E-state index is 12.8. The zero-order valence-electron chi connectivity index (χ0n) is 13.6. The van der Waals surface area contributed by atoms with Crippen molar-refractivity contribution in [2.24, 2.45) is 0 Å². The van der Waals surface area contributed by atoms with Crippen LogP contribution in [0.5, 0.6) is 0 Å². The van der Waals surface area contributed by atoms with Crippen molar-refractivity contribution in [3.8, 4) is 11.3 Å². The van der Waals surface area contributed by atoms with Crippen molar-refractivity contribution in [3.05, 3.63) is 76.9 Å². The van der Waals surface area contributed by atoms with Gasteiger partial charge in [-0.15, -0.1) is 11.3 Å². The first-order valence-electron chi connectivity index (χ1n) is 7.84. The molecule has 0 saturated carbocycles. The minimum atomic E-state index is -0.0639. The number of pyridine rings is 2. The number of nitrogens with two attached hydrogens (primary N) is 1. The average Bonchev–Trinajstić information content (AvgIpc) is 2.98. The topological polar surface area (TPSA) is 68.9 Å². The van der Waals surface area contributed by atoms with Crippen LogP contribution in [0.1, 0.15) is 20.8 Å². The van der Waals surface area contributed by atoms with Gasteiger partial charge in [-0.2, -0.15) is 0 Å². The second-order valence-corrected chi connectivity index (χ2v) is 6.82. The molecule has 4 nitrogen and oxygen atoms in total. The first kappa shape index (κ1) is 15.5. The van der Waals surface area contributed by atoms with Gasteiger partial charge in [0.2, 0.25) is 5.78 Å². The fourth-order valence-electron chi connectivity index (χ4n) is 2.69. The molecule has 0 radical (unpaired) electrons. The number of benzene rings is 1. The lowest BCUT2D eigenvalue weighted by atomic mass is 10.1. The number of rotatable bonds is 3. The summed E-state index contributed by atoms with van der Waals surface area (Å²) in [7, 11) is 0. The van der Waals surface area contributed by atoms with E-state index in [1.807, 2.05) is 55.5 Å². The Morgan fingerprint density at radius 2 is 1.72 bits per heavy atom. The summed E-state index contributed by atoms with van der Waals surface area (Å²) < 4.78 is 0. The molecule has 0 amide bonds. The molecule has 4 rings (SSSR count). The van der Waals surface area contributed by atoms with Gasteiger partial charge in [0.25, 0.3) is 0 Å². The van der Waals surface area contributed by atoms with E-state index in [1.165, 1.54) is 11.3 Å². The van der Waals surface area contributed by atoms with Crippen LogP contribution in [0.3, 0.4) is 0 Å². The lowest BCUT2D eigenvalue weighted by molar-refractivity contribution is 0.104. The van der Waals surface area contributed by atoms with Gasteiger partial charge in [0, 0.05) is 28.9 Å². The van der Waals surface area contributed by atoms with Crippen molar-refractivity contribution in [2.45, 2.75) is 6.92 Å². The first-order chi connectivity index (χ1) is 12.1. The number of hydrogen-bond donors (Lipinski definition) is 1. The van der Waals surface area contributed by atoms with Gasteiger partial charge in [0.1, 0.15) is 9.71 Å². The molecule has 5 heteroatoms. The van der Waals surface area contributed by atoms with Crippen molar-refractivity contribution in [2.75, 3.05) is 5.73 Å². The Kier molecular flexibility index (Phi) is 3.78. The minimum absolute atomic E-state index is 0.0639. The van der Waals surface area contributed by atoms with Crippen molar-refractivity contribution >= 4 is 33.0 Å². The molecule has 0 unspecified atom stereocenters. The van der Waals surface area contributed by atoms with Gasteiger partial charge in [-0.25, -0.2) is 4.98 Å². The largest absolute Gasteiger partial charge is 0.397 e. The zero-order valence-corrected chi connectivity index (χ0v) is 14.4. The SMILES string of the molecule is Cc1ccc(C(=O)c2sc3nc(-c4ccncc4)ccc3c2N)cc1. The highest BCUT2D eigenvalue weighted by Crippen LogP contribution is 2.35.